The lowest BCUT2D eigenvalue weighted by atomic mass is 9.96. The van der Waals surface area contributed by atoms with Gasteiger partial charge in [0, 0.05) is 17.5 Å². The van der Waals surface area contributed by atoms with E-state index < -0.39 is 5.97 Å². The number of carboxylic acid groups (broad SMARTS) is 1. The minimum atomic E-state index is -0.664. The number of anilines is 1. The molecule has 2 unspecified atom stereocenters. The van der Waals surface area contributed by atoms with E-state index in [4.69, 9.17) is 0 Å². The highest BCUT2D eigenvalue weighted by molar-refractivity contribution is 7.14. The standard InChI is InChI=1S/C16H18N2O2S/c19-15(20)13-8-4-7-12(13)9-17-16-18-14(10-21-16)11-5-2-1-3-6-11/h1-3,5-6,10,12-13H,4,7-9H2,(H,17,18)(H,19,20). The molecule has 4 nitrogen and oxygen atoms in total. The highest BCUT2D eigenvalue weighted by atomic mass is 32.1. The van der Waals surface area contributed by atoms with Crippen molar-refractivity contribution in [2.75, 3.05) is 11.9 Å². The maximum Gasteiger partial charge on any atom is 0.306 e. The van der Waals surface area contributed by atoms with Crippen LogP contribution in [0.3, 0.4) is 0 Å². The van der Waals surface area contributed by atoms with Gasteiger partial charge in [-0.3, -0.25) is 4.79 Å². The predicted octanol–water partition coefficient (Wildman–Crippen LogP) is 3.72. The topological polar surface area (TPSA) is 62.2 Å². The number of hydrogen-bond donors (Lipinski definition) is 2. The van der Waals surface area contributed by atoms with Crippen LogP contribution >= 0.6 is 11.3 Å². The molecular formula is C16H18N2O2S. The number of nitrogens with one attached hydrogen (secondary N) is 1. The van der Waals surface area contributed by atoms with Gasteiger partial charge in [0.25, 0.3) is 0 Å². The number of aliphatic carboxylic acids is 1. The molecular weight excluding hydrogens is 284 g/mol. The van der Waals surface area contributed by atoms with Crippen LogP contribution in [0.2, 0.25) is 0 Å². The van der Waals surface area contributed by atoms with Gasteiger partial charge in [0.15, 0.2) is 5.13 Å². The summed E-state index contributed by atoms with van der Waals surface area (Å²) in [4.78, 5) is 15.7. The van der Waals surface area contributed by atoms with Crippen LogP contribution in [0, 0.1) is 11.8 Å². The van der Waals surface area contributed by atoms with Crippen molar-refractivity contribution in [3.8, 4) is 11.3 Å². The van der Waals surface area contributed by atoms with Crippen LogP contribution in [-0.4, -0.2) is 22.6 Å². The van der Waals surface area contributed by atoms with Crippen molar-refractivity contribution in [3.63, 3.8) is 0 Å². The number of benzene rings is 1. The maximum atomic E-state index is 11.2. The van der Waals surface area contributed by atoms with E-state index in [0.29, 0.717) is 6.54 Å². The minimum absolute atomic E-state index is 0.203. The SMILES string of the molecule is O=C(O)C1CCCC1CNc1nc(-c2ccccc2)cs1. The first-order valence-corrected chi connectivity index (χ1v) is 8.09. The Hall–Kier alpha value is -1.88. The quantitative estimate of drug-likeness (QED) is 0.883. The molecule has 0 amide bonds. The zero-order valence-corrected chi connectivity index (χ0v) is 12.5. The largest absolute Gasteiger partial charge is 0.481 e. The molecule has 0 aliphatic heterocycles. The molecule has 1 aliphatic carbocycles. The van der Waals surface area contributed by atoms with E-state index in [1.54, 1.807) is 11.3 Å². The number of hydrogen-bond acceptors (Lipinski definition) is 4. The van der Waals surface area contributed by atoms with Gasteiger partial charge < -0.3 is 10.4 Å². The third-order valence-corrected chi connectivity index (χ3v) is 4.87. The Morgan fingerprint density at radius 1 is 1.33 bits per heavy atom. The van der Waals surface area contributed by atoms with Crippen LogP contribution in [0.15, 0.2) is 35.7 Å². The molecule has 1 saturated carbocycles. The molecule has 1 fully saturated rings. The highest BCUT2D eigenvalue weighted by Gasteiger charge is 2.32. The Balaban J connectivity index is 1.62. The molecule has 0 spiro atoms. The first-order valence-electron chi connectivity index (χ1n) is 7.21. The Labute approximate surface area is 127 Å². The molecule has 1 aromatic heterocycles. The normalized spacial score (nSPS) is 21.3. The van der Waals surface area contributed by atoms with Crippen LogP contribution in [0.1, 0.15) is 19.3 Å². The lowest BCUT2D eigenvalue weighted by Crippen LogP contribution is -2.24. The zero-order valence-electron chi connectivity index (χ0n) is 11.7. The molecule has 110 valence electrons. The average Bonchev–Trinajstić information content (AvgIpc) is 3.15. The summed E-state index contributed by atoms with van der Waals surface area (Å²) in [6.45, 7) is 0.693. The number of thiazole rings is 1. The third kappa shape index (κ3) is 3.24. The van der Waals surface area contributed by atoms with Crippen LogP contribution in [0.5, 0.6) is 0 Å². The van der Waals surface area contributed by atoms with E-state index >= 15 is 0 Å². The first kappa shape index (κ1) is 14.1. The van der Waals surface area contributed by atoms with Crippen LogP contribution in [0.4, 0.5) is 5.13 Å². The molecule has 3 rings (SSSR count). The van der Waals surface area contributed by atoms with Crippen molar-refractivity contribution in [2.45, 2.75) is 19.3 Å². The summed E-state index contributed by atoms with van der Waals surface area (Å²) < 4.78 is 0. The molecule has 0 bridgehead atoms. The molecule has 5 heteroatoms. The molecule has 2 atom stereocenters. The molecule has 1 heterocycles. The van der Waals surface area contributed by atoms with Gasteiger partial charge in [-0.05, 0) is 18.8 Å². The van der Waals surface area contributed by atoms with Gasteiger partial charge in [0.2, 0.25) is 0 Å². The van der Waals surface area contributed by atoms with Crippen molar-refractivity contribution in [3.05, 3.63) is 35.7 Å². The highest BCUT2D eigenvalue weighted by Crippen LogP contribution is 2.32. The van der Waals surface area contributed by atoms with Gasteiger partial charge in [-0.2, -0.15) is 0 Å². The molecule has 0 saturated heterocycles. The van der Waals surface area contributed by atoms with Crippen LogP contribution in [-0.2, 0) is 4.79 Å². The molecule has 1 aromatic carbocycles. The molecule has 0 radical (unpaired) electrons. The van der Waals surface area contributed by atoms with E-state index in [1.807, 2.05) is 35.7 Å². The van der Waals surface area contributed by atoms with E-state index in [1.165, 1.54) is 0 Å². The fourth-order valence-electron chi connectivity index (χ4n) is 2.92. The number of rotatable bonds is 5. The maximum absolute atomic E-state index is 11.2. The van der Waals surface area contributed by atoms with Gasteiger partial charge in [0.1, 0.15) is 0 Å². The summed E-state index contributed by atoms with van der Waals surface area (Å²) in [7, 11) is 0. The summed E-state index contributed by atoms with van der Waals surface area (Å²) in [5.41, 5.74) is 2.07. The first-order chi connectivity index (χ1) is 10.2. The second kappa shape index (κ2) is 6.26. The number of aromatic nitrogens is 1. The summed E-state index contributed by atoms with van der Waals surface area (Å²) in [5, 5.41) is 15.4. The molecule has 2 aromatic rings. The number of nitrogens with zero attached hydrogens (tertiary/aromatic N) is 1. The molecule has 21 heavy (non-hydrogen) atoms. The van der Waals surface area contributed by atoms with Crippen LogP contribution < -0.4 is 5.32 Å². The number of carboxylic acids is 1. The average molecular weight is 302 g/mol. The van der Waals surface area contributed by atoms with Crippen molar-refractivity contribution >= 4 is 22.4 Å². The lowest BCUT2D eigenvalue weighted by Gasteiger charge is -2.15. The Morgan fingerprint density at radius 2 is 2.14 bits per heavy atom. The Kier molecular flexibility index (Phi) is 4.20. The third-order valence-electron chi connectivity index (χ3n) is 4.07. The number of carbonyl (C=O) groups is 1. The smallest absolute Gasteiger partial charge is 0.306 e. The fraction of sp³-hybridized carbons (Fsp3) is 0.375. The lowest BCUT2D eigenvalue weighted by molar-refractivity contribution is -0.142. The summed E-state index contributed by atoms with van der Waals surface area (Å²) >= 11 is 1.57. The molecule has 2 N–H and O–H groups in total. The minimum Gasteiger partial charge on any atom is -0.481 e. The van der Waals surface area contributed by atoms with E-state index in [2.05, 4.69) is 10.3 Å². The van der Waals surface area contributed by atoms with Crippen LogP contribution in [0.25, 0.3) is 11.3 Å². The second-order valence-corrected chi connectivity index (χ2v) is 6.28. The van der Waals surface area contributed by atoms with Gasteiger partial charge in [0.05, 0.1) is 11.6 Å². The van der Waals surface area contributed by atoms with E-state index in [0.717, 1.165) is 35.7 Å². The van der Waals surface area contributed by atoms with Crippen molar-refractivity contribution in [1.82, 2.24) is 4.98 Å². The summed E-state index contributed by atoms with van der Waals surface area (Å²) in [6, 6.07) is 10.1. The fourth-order valence-corrected chi connectivity index (χ4v) is 3.65. The van der Waals surface area contributed by atoms with Crippen molar-refractivity contribution in [2.24, 2.45) is 11.8 Å². The van der Waals surface area contributed by atoms with Gasteiger partial charge in [-0.15, -0.1) is 11.3 Å². The Bertz CT molecular complexity index is 612. The van der Waals surface area contributed by atoms with E-state index in [-0.39, 0.29) is 11.8 Å². The summed E-state index contributed by atoms with van der Waals surface area (Å²) in [6.07, 6.45) is 2.80. The zero-order chi connectivity index (χ0) is 14.7. The summed E-state index contributed by atoms with van der Waals surface area (Å²) in [5.74, 6) is -0.652. The van der Waals surface area contributed by atoms with Crippen molar-refractivity contribution in [1.29, 1.82) is 0 Å². The van der Waals surface area contributed by atoms with E-state index in [9.17, 15) is 9.90 Å². The van der Waals surface area contributed by atoms with Gasteiger partial charge >= 0.3 is 5.97 Å². The second-order valence-electron chi connectivity index (χ2n) is 5.42. The predicted molar refractivity (Wildman–Crippen MR) is 84.5 cm³/mol. The van der Waals surface area contributed by atoms with Crippen molar-refractivity contribution < 1.29 is 9.90 Å². The monoisotopic (exact) mass is 302 g/mol. The Morgan fingerprint density at radius 3 is 2.90 bits per heavy atom. The van der Waals surface area contributed by atoms with Gasteiger partial charge in [-0.1, -0.05) is 36.8 Å². The van der Waals surface area contributed by atoms with Gasteiger partial charge in [-0.25, -0.2) is 4.98 Å². The molecule has 1 aliphatic rings.